The molecular weight excluding hydrogens is 220 g/mol. The predicted molar refractivity (Wildman–Crippen MR) is 64.7 cm³/mol. The van der Waals surface area contributed by atoms with Crippen molar-refractivity contribution in [2.24, 2.45) is 11.8 Å². The van der Waals surface area contributed by atoms with E-state index in [9.17, 15) is 8.78 Å². The summed E-state index contributed by atoms with van der Waals surface area (Å²) in [5.74, 6) is -0.266. The molecule has 1 aliphatic carbocycles. The highest BCUT2D eigenvalue weighted by molar-refractivity contribution is 5.22. The number of hydrogen-bond donors (Lipinski definition) is 1. The highest BCUT2D eigenvalue weighted by atomic mass is 19.2. The lowest BCUT2D eigenvalue weighted by atomic mass is 9.91. The molecule has 94 valence electrons. The van der Waals surface area contributed by atoms with Crippen molar-refractivity contribution in [1.29, 1.82) is 0 Å². The van der Waals surface area contributed by atoms with Crippen molar-refractivity contribution in [2.75, 3.05) is 7.05 Å². The third-order valence-electron chi connectivity index (χ3n) is 3.82. The summed E-state index contributed by atoms with van der Waals surface area (Å²) in [6, 6.07) is 4.35. The second kappa shape index (κ2) is 5.13. The largest absolute Gasteiger partial charge is 0.313 e. The van der Waals surface area contributed by atoms with Gasteiger partial charge in [-0.05, 0) is 49.4 Å². The lowest BCUT2D eigenvalue weighted by molar-refractivity contribution is 0.377. The number of rotatable bonds is 3. The smallest absolute Gasteiger partial charge is 0.159 e. The van der Waals surface area contributed by atoms with Gasteiger partial charge in [0.1, 0.15) is 0 Å². The molecule has 0 spiro atoms. The fraction of sp³-hybridized carbons (Fsp3) is 0.571. The Bertz CT molecular complexity index is 392. The van der Waals surface area contributed by atoms with E-state index in [1.165, 1.54) is 18.6 Å². The molecule has 0 aliphatic heterocycles. The molecule has 0 saturated heterocycles. The number of hydrogen-bond acceptors (Lipinski definition) is 1. The lowest BCUT2D eigenvalue weighted by Crippen LogP contribution is -2.24. The molecule has 0 aromatic heterocycles. The van der Waals surface area contributed by atoms with Gasteiger partial charge in [0.2, 0.25) is 0 Å². The van der Waals surface area contributed by atoms with Crippen LogP contribution in [0.1, 0.15) is 37.8 Å². The van der Waals surface area contributed by atoms with Crippen molar-refractivity contribution in [3.05, 3.63) is 35.4 Å². The van der Waals surface area contributed by atoms with E-state index in [1.807, 2.05) is 7.05 Å². The molecule has 3 unspecified atom stereocenters. The summed E-state index contributed by atoms with van der Waals surface area (Å²) in [6.07, 6.45) is 3.54. The molecule has 17 heavy (non-hydrogen) atoms. The van der Waals surface area contributed by atoms with Crippen LogP contribution < -0.4 is 5.32 Å². The minimum atomic E-state index is -0.775. The van der Waals surface area contributed by atoms with Gasteiger partial charge < -0.3 is 5.32 Å². The van der Waals surface area contributed by atoms with Crippen molar-refractivity contribution in [3.63, 3.8) is 0 Å². The number of benzene rings is 1. The molecule has 0 bridgehead atoms. The average Bonchev–Trinajstić information content (AvgIpc) is 2.71. The first kappa shape index (κ1) is 12.5. The van der Waals surface area contributed by atoms with Crippen molar-refractivity contribution in [3.8, 4) is 0 Å². The molecular formula is C14H19F2N. The Balaban J connectivity index is 2.20. The Kier molecular flexibility index (Phi) is 3.77. The van der Waals surface area contributed by atoms with Gasteiger partial charge in [0.15, 0.2) is 11.6 Å². The average molecular weight is 239 g/mol. The van der Waals surface area contributed by atoms with Gasteiger partial charge in [-0.3, -0.25) is 0 Å². The van der Waals surface area contributed by atoms with E-state index in [0.29, 0.717) is 5.92 Å². The topological polar surface area (TPSA) is 12.0 Å². The van der Waals surface area contributed by atoms with Crippen LogP contribution in [-0.2, 0) is 0 Å². The summed E-state index contributed by atoms with van der Waals surface area (Å²) in [6.45, 7) is 2.25. The normalized spacial score (nSPS) is 26.1. The zero-order valence-corrected chi connectivity index (χ0v) is 10.3. The van der Waals surface area contributed by atoms with E-state index in [1.54, 1.807) is 6.07 Å². The summed E-state index contributed by atoms with van der Waals surface area (Å²) in [5, 5.41) is 3.24. The van der Waals surface area contributed by atoms with Gasteiger partial charge in [-0.1, -0.05) is 19.4 Å². The first-order chi connectivity index (χ1) is 8.11. The fourth-order valence-electron chi connectivity index (χ4n) is 2.93. The maximum Gasteiger partial charge on any atom is 0.159 e. The quantitative estimate of drug-likeness (QED) is 0.848. The van der Waals surface area contributed by atoms with Gasteiger partial charge in [-0.2, -0.15) is 0 Å². The summed E-state index contributed by atoms with van der Waals surface area (Å²) >= 11 is 0. The van der Waals surface area contributed by atoms with Crippen LogP contribution in [0.4, 0.5) is 8.78 Å². The third kappa shape index (κ3) is 2.65. The molecule has 1 aromatic rings. The van der Waals surface area contributed by atoms with Crippen LogP contribution in [0, 0.1) is 23.5 Å². The summed E-state index contributed by atoms with van der Waals surface area (Å²) < 4.78 is 26.1. The van der Waals surface area contributed by atoms with Crippen molar-refractivity contribution in [2.45, 2.75) is 32.2 Å². The SMILES string of the molecule is CNC(c1ccc(F)c(F)c1)C1CCC(C)C1. The van der Waals surface area contributed by atoms with Gasteiger partial charge in [-0.15, -0.1) is 0 Å². The fourth-order valence-corrected chi connectivity index (χ4v) is 2.93. The van der Waals surface area contributed by atoms with Gasteiger partial charge in [0.05, 0.1) is 0 Å². The Morgan fingerprint density at radius 2 is 2.00 bits per heavy atom. The van der Waals surface area contributed by atoms with Gasteiger partial charge in [-0.25, -0.2) is 8.78 Å². The maximum absolute atomic E-state index is 13.2. The van der Waals surface area contributed by atoms with E-state index < -0.39 is 11.6 Å². The monoisotopic (exact) mass is 239 g/mol. The third-order valence-corrected chi connectivity index (χ3v) is 3.82. The first-order valence-electron chi connectivity index (χ1n) is 6.24. The molecule has 0 radical (unpaired) electrons. The molecule has 1 N–H and O–H groups in total. The second-order valence-corrected chi connectivity index (χ2v) is 5.12. The van der Waals surface area contributed by atoms with Crippen LogP contribution in [-0.4, -0.2) is 7.05 Å². The molecule has 0 heterocycles. The van der Waals surface area contributed by atoms with Crippen LogP contribution in [0.2, 0.25) is 0 Å². The Morgan fingerprint density at radius 1 is 1.24 bits per heavy atom. The maximum atomic E-state index is 13.2. The summed E-state index contributed by atoms with van der Waals surface area (Å²) in [5.41, 5.74) is 0.852. The highest BCUT2D eigenvalue weighted by Gasteiger charge is 2.29. The molecule has 1 aliphatic rings. The Labute approximate surface area is 101 Å². The van der Waals surface area contributed by atoms with E-state index >= 15 is 0 Å². The van der Waals surface area contributed by atoms with Gasteiger partial charge >= 0.3 is 0 Å². The Hall–Kier alpha value is -0.960. The van der Waals surface area contributed by atoms with Crippen LogP contribution in [0.25, 0.3) is 0 Å². The minimum Gasteiger partial charge on any atom is -0.313 e. The van der Waals surface area contributed by atoms with E-state index in [4.69, 9.17) is 0 Å². The van der Waals surface area contributed by atoms with Gasteiger partial charge in [0.25, 0.3) is 0 Å². The molecule has 3 heteroatoms. The van der Waals surface area contributed by atoms with E-state index in [-0.39, 0.29) is 6.04 Å². The number of halogens is 2. The first-order valence-corrected chi connectivity index (χ1v) is 6.24. The standard InChI is InChI=1S/C14H19F2N/c1-9-3-4-10(7-9)14(17-2)11-5-6-12(15)13(16)8-11/h5-6,8-10,14,17H,3-4,7H2,1-2H3. The van der Waals surface area contributed by atoms with Crippen molar-refractivity contribution >= 4 is 0 Å². The van der Waals surface area contributed by atoms with Crippen molar-refractivity contribution in [1.82, 2.24) is 5.32 Å². The predicted octanol–water partition coefficient (Wildman–Crippen LogP) is 3.66. The van der Waals surface area contributed by atoms with Crippen LogP contribution >= 0.6 is 0 Å². The molecule has 0 amide bonds. The van der Waals surface area contributed by atoms with Crippen LogP contribution in [0.15, 0.2) is 18.2 Å². The Morgan fingerprint density at radius 3 is 2.53 bits per heavy atom. The zero-order valence-electron chi connectivity index (χ0n) is 10.3. The molecule has 3 atom stereocenters. The van der Waals surface area contributed by atoms with Gasteiger partial charge in [0, 0.05) is 6.04 Å². The number of nitrogens with one attached hydrogen (secondary N) is 1. The molecule has 1 aromatic carbocycles. The van der Waals surface area contributed by atoms with Crippen molar-refractivity contribution < 1.29 is 8.78 Å². The lowest BCUT2D eigenvalue weighted by Gasteiger charge is -2.23. The summed E-state index contributed by atoms with van der Waals surface area (Å²) in [7, 11) is 1.88. The van der Waals surface area contributed by atoms with E-state index in [0.717, 1.165) is 24.3 Å². The van der Waals surface area contributed by atoms with Crippen LogP contribution in [0.3, 0.4) is 0 Å². The minimum absolute atomic E-state index is 0.134. The molecule has 1 saturated carbocycles. The molecule has 1 nitrogen and oxygen atoms in total. The molecule has 2 rings (SSSR count). The zero-order chi connectivity index (χ0) is 12.4. The highest BCUT2D eigenvalue weighted by Crippen LogP contribution is 2.38. The van der Waals surface area contributed by atoms with E-state index in [2.05, 4.69) is 12.2 Å². The van der Waals surface area contributed by atoms with Crippen LogP contribution in [0.5, 0.6) is 0 Å². The second-order valence-electron chi connectivity index (χ2n) is 5.12. The molecule has 1 fully saturated rings. The summed E-state index contributed by atoms with van der Waals surface area (Å²) in [4.78, 5) is 0.